The van der Waals surface area contributed by atoms with Crippen molar-refractivity contribution in [1.29, 1.82) is 10.5 Å². The Morgan fingerprint density at radius 1 is 0.641 bits per heavy atom. The van der Waals surface area contributed by atoms with Gasteiger partial charge in [0, 0.05) is 47.0 Å². The molecule has 1 aliphatic rings. The highest BCUT2D eigenvalue weighted by atomic mass is 15.1. The smallest absolute Gasteiger partial charge is 0.215 e. The summed E-state index contributed by atoms with van der Waals surface area (Å²) in [6, 6.07) is 32.3. The number of pyridine rings is 1. The molecule has 6 aromatic rings. The van der Waals surface area contributed by atoms with E-state index in [9.17, 15) is 10.5 Å². The third kappa shape index (κ3) is 3.13. The number of anilines is 2. The molecule has 0 saturated heterocycles. The molecule has 0 amide bonds. The number of nitrogens with zero attached hydrogens (tertiary/aromatic N) is 4. The van der Waals surface area contributed by atoms with Gasteiger partial charge in [-0.2, -0.15) is 15.1 Å². The van der Waals surface area contributed by atoms with Gasteiger partial charge in [-0.25, -0.2) is 0 Å². The first-order chi connectivity index (χ1) is 19.2. The standard InChI is InChI=1S/C35H27N4/c1-3-16-38-28-14-9-15-29-34(28)35(32-26-12-7-5-10-24(26)22(20-36)18-30(32)38)33-27-13-8-6-11-25(27)23(21-37)19-31(33)39(29)17-4-2/h5-15,18-19H,3-4,16-17H2,1-2H3/q+1. The lowest BCUT2D eigenvalue weighted by Gasteiger charge is -2.34. The van der Waals surface area contributed by atoms with Crippen LogP contribution in [0.25, 0.3) is 54.5 Å². The predicted octanol–water partition coefficient (Wildman–Crippen LogP) is 8.27. The van der Waals surface area contributed by atoms with Crippen LogP contribution in [0.1, 0.15) is 37.8 Å². The molecule has 0 spiro atoms. The first-order valence-electron chi connectivity index (χ1n) is 13.7. The Balaban J connectivity index is 1.84. The molecular formula is C35H27N4+. The highest BCUT2D eigenvalue weighted by Gasteiger charge is 2.34. The van der Waals surface area contributed by atoms with Crippen molar-refractivity contribution < 1.29 is 4.57 Å². The molecule has 186 valence electrons. The summed E-state index contributed by atoms with van der Waals surface area (Å²) in [6.45, 7) is 6.12. The van der Waals surface area contributed by atoms with Crippen molar-refractivity contribution in [2.75, 3.05) is 11.4 Å². The normalized spacial score (nSPS) is 12.2. The minimum absolute atomic E-state index is 0.694. The first kappa shape index (κ1) is 23.2. The van der Waals surface area contributed by atoms with Gasteiger partial charge in [-0.05, 0) is 29.3 Å². The largest absolute Gasteiger partial charge is 0.340 e. The van der Waals surface area contributed by atoms with Crippen LogP contribution in [0.5, 0.6) is 0 Å². The Morgan fingerprint density at radius 3 is 2.00 bits per heavy atom. The number of aryl methyl sites for hydroxylation is 1. The van der Waals surface area contributed by atoms with E-state index in [-0.39, 0.29) is 0 Å². The summed E-state index contributed by atoms with van der Waals surface area (Å²) in [5.74, 6) is 0. The molecule has 39 heavy (non-hydrogen) atoms. The average molecular weight is 504 g/mol. The van der Waals surface area contributed by atoms with E-state index < -0.39 is 0 Å². The van der Waals surface area contributed by atoms with Gasteiger partial charge in [-0.15, -0.1) is 0 Å². The molecule has 4 heteroatoms. The molecule has 1 aliphatic heterocycles. The van der Waals surface area contributed by atoms with Crippen molar-refractivity contribution in [2.45, 2.75) is 33.2 Å². The van der Waals surface area contributed by atoms with E-state index in [4.69, 9.17) is 0 Å². The molecule has 2 heterocycles. The predicted molar refractivity (Wildman–Crippen MR) is 159 cm³/mol. The van der Waals surface area contributed by atoms with Gasteiger partial charge >= 0.3 is 0 Å². The summed E-state index contributed by atoms with van der Waals surface area (Å²) in [4.78, 5) is 2.41. The van der Waals surface area contributed by atoms with Gasteiger partial charge in [-0.1, -0.05) is 68.4 Å². The van der Waals surface area contributed by atoms with E-state index in [1.165, 1.54) is 33.1 Å². The SMILES string of the molecule is CCCN1c2cc(C#N)c3ccccc3c2-c2c3c1cccc3[n+](CCC)c1cc(C#N)c3ccccc3c21. The summed E-state index contributed by atoms with van der Waals surface area (Å²) in [5.41, 5.74) is 8.27. The highest BCUT2D eigenvalue weighted by molar-refractivity contribution is 6.28. The number of fused-ring (bicyclic) bond motifs is 8. The Kier molecular flexibility index (Phi) is 5.25. The quantitative estimate of drug-likeness (QED) is 0.138. The van der Waals surface area contributed by atoms with E-state index in [0.717, 1.165) is 58.7 Å². The van der Waals surface area contributed by atoms with Crippen molar-refractivity contribution in [3.63, 3.8) is 0 Å². The zero-order valence-electron chi connectivity index (χ0n) is 22.1. The molecule has 7 rings (SSSR count). The Hall–Kier alpha value is -4.93. The summed E-state index contributed by atoms with van der Waals surface area (Å²) < 4.78 is 2.41. The fourth-order valence-electron chi connectivity index (χ4n) is 6.66. The van der Waals surface area contributed by atoms with E-state index >= 15 is 0 Å². The molecule has 4 nitrogen and oxygen atoms in total. The maximum atomic E-state index is 10.2. The number of rotatable bonds is 4. The molecule has 1 aromatic heterocycles. The van der Waals surface area contributed by atoms with Crippen LogP contribution < -0.4 is 9.47 Å². The van der Waals surface area contributed by atoms with Crippen molar-refractivity contribution in [3.05, 3.63) is 90.0 Å². The zero-order valence-corrected chi connectivity index (χ0v) is 22.1. The van der Waals surface area contributed by atoms with Crippen molar-refractivity contribution in [1.82, 2.24) is 0 Å². The third-order valence-corrected chi connectivity index (χ3v) is 8.12. The van der Waals surface area contributed by atoms with E-state index in [0.29, 0.717) is 11.1 Å². The molecule has 0 radical (unpaired) electrons. The molecule has 0 N–H and O–H groups in total. The van der Waals surface area contributed by atoms with Gasteiger partial charge in [0.1, 0.15) is 12.6 Å². The van der Waals surface area contributed by atoms with E-state index in [1.807, 2.05) is 12.1 Å². The topological polar surface area (TPSA) is 54.7 Å². The molecule has 0 atom stereocenters. The summed E-state index contributed by atoms with van der Waals surface area (Å²) >= 11 is 0. The zero-order chi connectivity index (χ0) is 26.7. The monoisotopic (exact) mass is 503 g/mol. The second kappa shape index (κ2) is 8.83. The van der Waals surface area contributed by atoms with Crippen LogP contribution in [0.15, 0.2) is 78.9 Å². The number of aromatic nitrogens is 1. The van der Waals surface area contributed by atoms with Crippen molar-refractivity contribution in [3.8, 4) is 23.3 Å². The van der Waals surface area contributed by atoms with Gasteiger partial charge in [0.15, 0.2) is 0 Å². The Morgan fingerprint density at radius 2 is 1.31 bits per heavy atom. The lowest BCUT2D eigenvalue weighted by Crippen LogP contribution is -2.37. The van der Waals surface area contributed by atoms with Gasteiger partial charge in [0.05, 0.1) is 39.3 Å². The lowest BCUT2D eigenvalue weighted by molar-refractivity contribution is -0.645. The van der Waals surface area contributed by atoms with Crippen LogP contribution in [-0.4, -0.2) is 6.54 Å². The van der Waals surface area contributed by atoms with E-state index in [1.54, 1.807) is 0 Å². The third-order valence-electron chi connectivity index (χ3n) is 8.12. The maximum absolute atomic E-state index is 10.2. The minimum atomic E-state index is 0.694. The van der Waals surface area contributed by atoms with Crippen LogP contribution in [0, 0.1) is 22.7 Å². The van der Waals surface area contributed by atoms with Crippen LogP contribution in [-0.2, 0) is 6.54 Å². The summed E-state index contributed by atoms with van der Waals surface area (Å²) in [7, 11) is 0. The van der Waals surface area contributed by atoms with Crippen LogP contribution in [0.3, 0.4) is 0 Å². The fraction of sp³-hybridized carbons (Fsp3) is 0.171. The van der Waals surface area contributed by atoms with E-state index in [2.05, 4.69) is 102 Å². The molecule has 5 aromatic carbocycles. The Labute approximate surface area is 227 Å². The number of nitriles is 2. The van der Waals surface area contributed by atoms with Gasteiger partial charge in [-0.3, -0.25) is 0 Å². The van der Waals surface area contributed by atoms with Crippen LogP contribution >= 0.6 is 0 Å². The number of hydrogen-bond acceptors (Lipinski definition) is 3. The minimum Gasteiger partial charge on any atom is -0.340 e. The van der Waals surface area contributed by atoms with Crippen LogP contribution in [0.4, 0.5) is 11.4 Å². The summed E-state index contributed by atoms with van der Waals surface area (Å²) in [5, 5.41) is 26.9. The lowest BCUT2D eigenvalue weighted by atomic mass is 9.83. The number of benzene rings is 5. The fourth-order valence-corrected chi connectivity index (χ4v) is 6.66. The Bertz CT molecular complexity index is 2070. The van der Waals surface area contributed by atoms with Gasteiger partial charge in [0.2, 0.25) is 11.0 Å². The van der Waals surface area contributed by atoms with Crippen molar-refractivity contribution >= 4 is 54.7 Å². The first-order valence-corrected chi connectivity index (χ1v) is 13.7. The van der Waals surface area contributed by atoms with Crippen molar-refractivity contribution in [2.24, 2.45) is 0 Å². The molecule has 0 bridgehead atoms. The molecule has 0 unspecified atom stereocenters. The number of hydrogen-bond donors (Lipinski definition) is 0. The molecule has 0 aliphatic carbocycles. The van der Waals surface area contributed by atoms with Crippen LogP contribution in [0.2, 0.25) is 0 Å². The summed E-state index contributed by atoms with van der Waals surface area (Å²) in [6.07, 6.45) is 1.97. The second-order valence-electron chi connectivity index (χ2n) is 10.3. The van der Waals surface area contributed by atoms with Gasteiger partial charge < -0.3 is 4.90 Å². The van der Waals surface area contributed by atoms with Gasteiger partial charge in [0.25, 0.3) is 0 Å². The molecule has 0 fully saturated rings. The molecule has 0 saturated carbocycles. The average Bonchev–Trinajstić information content (AvgIpc) is 2.98. The molecular weight excluding hydrogens is 476 g/mol. The maximum Gasteiger partial charge on any atom is 0.215 e. The second-order valence-corrected chi connectivity index (χ2v) is 10.3. The highest BCUT2D eigenvalue weighted by Crippen LogP contribution is 2.53.